The monoisotopic (exact) mass is 379 g/mol. The van der Waals surface area contributed by atoms with Crippen LogP contribution in [0.3, 0.4) is 0 Å². The molecule has 0 bridgehead atoms. The van der Waals surface area contributed by atoms with Gasteiger partial charge in [0.25, 0.3) is 0 Å². The molecule has 1 N–H and O–H groups in total. The molecule has 2 heterocycles. The van der Waals surface area contributed by atoms with E-state index in [1.54, 1.807) is 7.11 Å². The largest absolute Gasteiger partial charge is 0.497 e. The van der Waals surface area contributed by atoms with E-state index in [2.05, 4.69) is 27.3 Å². The van der Waals surface area contributed by atoms with Gasteiger partial charge in [-0.1, -0.05) is 18.2 Å². The number of hydrogen-bond donors (Lipinski definition) is 1. The van der Waals surface area contributed by atoms with Gasteiger partial charge < -0.3 is 10.1 Å². The molecular formula is C23H29N3O2. The van der Waals surface area contributed by atoms with E-state index in [0.29, 0.717) is 6.54 Å². The summed E-state index contributed by atoms with van der Waals surface area (Å²) < 4.78 is 5.26. The third-order valence-electron chi connectivity index (χ3n) is 6.33. The fraction of sp³-hybridized carbons (Fsp3) is 0.478. The van der Waals surface area contributed by atoms with E-state index in [1.165, 1.54) is 11.1 Å². The lowest BCUT2D eigenvalue weighted by molar-refractivity contribution is -0.123. The molecule has 1 aromatic heterocycles. The van der Waals surface area contributed by atoms with Crippen LogP contribution in [0.15, 0.2) is 48.8 Å². The molecule has 2 aromatic rings. The summed E-state index contributed by atoms with van der Waals surface area (Å²) in [5.41, 5.74) is 2.71. The number of carbonyl (C=O) groups excluding carboxylic acids is 1. The molecule has 2 aliphatic rings. The molecule has 1 aliphatic heterocycles. The highest BCUT2D eigenvalue weighted by Gasteiger charge is 2.58. The van der Waals surface area contributed by atoms with Gasteiger partial charge in [0.2, 0.25) is 5.91 Å². The van der Waals surface area contributed by atoms with Crippen molar-refractivity contribution >= 4 is 5.91 Å². The van der Waals surface area contributed by atoms with Gasteiger partial charge in [-0.2, -0.15) is 0 Å². The number of aromatic nitrogens is 1. The highest BCUT2D eigenvalue weighted by atomic mass is 16.5. The van der Waals surface area contributed by atoms with E-state index in [0.717, 1.165) is 51.1 Å². The molecule has 1 saturated carbocycles. The first-order chi connectivity index (χ1) is 13.7. The van der Waals surface area contributed by atoms with Crippen LogP contribution in [0.1, 0.15) is 30.4 Å². The van der Waals surface area contributed by atoms with Crippen LogP contribution < -0.4 is 10.1 Å². The maximum absolute atomic E-state index is 12.6. The molecule has 2 fully saturated rings. The van der Waals surface area contributed by atoms with Crippen LogP contribution in [-0.4, -0.2) is 42.5 Å². The Labute approximate surface area is 167 Å². The summed E-state index contributed by atoms with van der Waals surface area (Å²) in [7, 11) is 1.68. The second-order valence-electron chi connectivity index (χ2n) is 8.15. The van der Waals surface area contributed by atoms with Crippen molar-refractivity contribution in [2.75, 3.05) is 26.7 Å². The van der Waals surface area contributed by atoms with Crippen molar-refractivity contribution < 1.29 is 9.53 Å². The Morgan fingerprint density at radius 2 is 2.07 bits per heavy atom. The third kappa shape index (κ3) is 4.36. The molecule has 1 saturated heterocycles. The molecule has 1 aromatic carbocycles. The predicted octanol–water partition coefficient (Wildman–Crippen LogP) is 3.05. The average Bonchev–Trinajstić information content (AvgIpc) is 3.44. The standard InChI is InChI=1S/C23H29N3O2/c1-28-20-6-2-4-18(14-20)7-11-25-22(27)21-15-23(21)8-12-26(13-9-23)17-19-5-3-10-24-16-19/h2-6,10,14,16,21H,7-9,11-13,15,17H2,1H3,(H,25,27). The number of likely N-dealkylation sites (tertiary alicyclic amines) is 1. The maximum atomic E-state index is 12.6. The summed E-state index contributed by atoms with van der Waals surface area (Å²) in [6.45, 7) is 3.79. The number of piperidine rings is 1. The number of nitrogens with one attached hydrogen (secondary N) is 1. The van der Waals surface area contributed by atoms with E-state index >= 15 is 0 Å². The smallest absolute Gasteiger partial charge is 0.223 e. The Kier molecular flexibility index (Phi) is 5.62. The summed E-state index contributed by atoms with van der Waals surface area (Å²) in [6.07, 6.45) is 7.90. The fourth-order valence-electron chi connectivity index (χ4n) is 4.46. The second kappa shape index (κ2) is 8.31. The number of nitrogens with zero attached hydrogens (tertiary/aromatic N) is 2. The molecule has 148 valence electrons. The summed E-state index contributed by atoms with van der Waals surface area (Å²) >= 11 is 0. The molecule has 1 unspecified atom stereocenters. The van der Waals surface area contributed by atoms with Crippen molar-refractivity contribution in [3.8, 4) is 5.75 Å². The molecule has 0 radical (unpaired) electrons. The van der Waals surface area contributed by atoms with Gasteiger partial charge in [-0.05, 0) is 73.5 Å². The lowest BCUT2D eigenvalue weighted by Crippen LogP contribution is -2.37. The molecule has 28 heavy (non-hydrogen) atoms. The minimum Gasteiger partial charge on any atom is -0.497 e. The molecule has 5 heteroatoms. The van der Waals surface area contributed by atoms with Crippen molar-refractivity contribution in [2.24, 2.45) is 11.3 Å². The van der Waals surface area contributed by atoms with Crippen molar-refractivity contribution in [1.82, 2.24) is 15.2 Å². The Morgan fingerprint density at radius 3 is 2.82 bits per heavy atom. The number of amides is 1. The van der Waals surface area contributed by atoms with Gasteiger partial charge in [0, 0.05) is 31.4 Å². The van der Waals surface area contributed by atoms with E-state index in [9.17, 15) is 4.79 Å². The average molecular weight is 380 g/mol. The van der Waals surface area contributed by atoms with Crippen LogP contribution in [0, 0.1) is 11.3 Å². The number of methoxy groups -OCH3 is 1. The Balaban J connectivity index is 1.20. The van der Waals surface area contributed by atoms with Crippen molar-refractivity contribution in [3.63, 3.8) is 0 Å². The lowest BCUT2D eigenvalue weighted by atomic mass is 9.90. The van der Waals surface area contributed by atoms with Crippen molar-refractivity contribution in [1.29, 1.82) is 0 Å². The summed E-state index contributed by atoms with van der Waals surface area (Å²) in [5.74, 6) is 1.31. The van der Waals surface area contributed by atoms with Gasteiger partial charge in [-0.25, -0.2) is 0 Å². The number of ether oxygens (including phenoxy) is 1. The highest BCUT2D eigenvalue weighted by Crippen LogP contribution is 2.59. The minimum atomic E-state index is 0.207. The van der Waals surface area contributed by atoms with E-state index in [4.69, 9.17) is 4.74 Å². The Morgan fingerprint density at radius 1 is 1.25 bits per heavy atom. The molecule has 1 atom stereocenters. The Bertz CT molecular complexity index is 801. The van der Waals surface area contributed by atoms with E-state index < -0.39 is 0 Å². The zero-order valence-corrected chi connectivity index (χ0v) is 16.6. The highest BCUT2D eigenvalue weighted by molar-refractivity contribution is 5.82. The molecule has 1 spiro atoms. The van der Waals surface area contributed by atoms with Gasteiger partial charge in [0.1, 0.15) is 5.75 Å². The molecule has 5 nitrogen and oxygen atoms in total. The van der Waals surface area contributed by atoms with Gasteiger partial charge in [0.15, 0.2) is 0 Å². The van der Waals surface area contributed by atoms with Crippen LogP contribution in [0.25, 0.3) is 0 Å². The van der Waals surface area contributed by atoms with Gasteiger partial charge in [0.05, 0.1) is 7.11 Å². The first-order valence-electron chi connectivity index (χ1n) is 10.2. The second-order valence-corrected chi connectivity index (χ2v) is 8.15. The topological polar surface area (TPSA) is 54.5 Å². The molecule has 1 amide bonds. The maximum Gasteiger partial charge on any atom is 0.223 e. The Hall–Kier alpha value is -2.40. The normalized spacial score (nSPS) is 20.7. The van der Waals surface area contributed by atoms with Gasteiger partial charge >= 0.3 is 0 Å². The number of pyridine rings is 1. The van der Waals surface area contributed by atoms with E-state index in [1.807, 2.05) is 36.7 Å². The number of carbonyl (C=O) groups is 1. The van der Waals surface area contributed by atoms with E-state index in [-0.39, 0.29) is 17.2 Å². The molecule has 4 rings (SSSR count). The summed E-state index contributed by atoms with van der Waals surface area (Å²) in [6, 6.07) is 12.2. The minimum absolute atomic E-state index is 0.207. The van der Waals surface area contributed by atoms with Crippen molar-refractivity contribution in [2.45, 2.75) is 32.2 Å². The quantitative estimate of drug-likeness (QED) is 0.803. The third-order valence-corrected chi connectivity index (χ3v) is 6.33. The number of benzene rings is 1. The molecular weight excluding hydrogens is 350 g/mol. The number of hydrogen-bond acceptors (Lipinski definition) is 4. The van der Waals surface area contributed by atoms with Gasteiger partial charge in [-0.15, -0.1) is 0 Å². The lowest BCUT2D eigenvalue weighted by Gasteiger charge is -2.32. The van der Waals surface area contributed by atoms with Crippen LogP contribution in [0.4, 0.5) is 0 Å². The fourth-order valence-corrected chi connectivity index (χ4v) is 4.46. The first kappa shape index (κ1) is 18.9. The summed E-state index contributed by atoms with van der Waals surface area (Å²) in [5, 5.41) is 3.15. The zero-order valence-electron chi connectivity index (χ0n) is 16.6. The molecule has 1 aliphatic carbocycles. The van der Waals surface area contributed by atoms with Crippen LogP contribution >= 0.6 is 0 Å². The summed E-state index contributed by atoms with van der Waals surface area (Å²) in [4.78, 5) is 19.3. The van der Waals surface area contributed by atoms with Crippen LogP contribution in [0.5, 0.6) is 5.75 Å². The van der Waals surface area contributed by atoms with Crippen LogP contribution in [-0.2, 0) is 17.8 Å². The SMILES string of the molecule is COc1cccc(CCNC(=O)C2CC23CCN(Cc2cccnc2)CC3)c1. The number of rotatable bonds is 7. The van der Waals surface area contributed by atoms with Gasteiger partial charge in [-0.3, -0.25) is 14.7 Å². The van der Waals surface area contributed by atoms with Crippen LogP contribution in [0.2, 0.25) is 0 Å². The predicted molar refractivity (Wildman–Crippen MR) is 109 cm³/mol. The zero-order chi connectivity index (χ0) is 19.4. The first-order valence-corrected chi connectivity index (χ1v) is 10.2. The van der Waals surface area contributed by atoms with Crippen molar-refractivity contribution in [3.05, 3.63) is 59.9 Å².